The van der Waals surface area contributed by atoms with E-state index in [1.165, 1.54) is 13.0 Å². The number of likely N-dealkylation sites (N-methyl/N-ethyl adjacent to an activating group) is 1. The fraction of sp³-hybridized carbons (Fsp3) is 0.312. The van der Waals surface area contributed by atoms with E-state index < -0.39 is 30.7 Å². The van der Waals surface area contributed by atoms with Crippen LogP contribution in [0.5, 0.6) is 11.6 Å². The molecule has 0 saturated heterocycles. The summed E-state index contributed by atoms with van der Waals surface area (Å²) in [6.45, 7) is 0.456. The van der Waals surface area contributed by atoms with Gasteiger partial charge >= 0.3 is 12.2 Å². The number of hydrogen-bond donors (Lipinski definition) is 2. The Labute approximate surface area is 161 Å². The van der Waals surface area contributed by atoms with Crippen LogP contribution in [0.3, 0.4) is 0 Å². The quantitative estimate of drug-likeness (QED) is 0.691. The summed E-state index contributed by atoms with van der Waals surface area (Å²) in [6.07, 6.45) is -5.26. The highest BCUT2D eigenvalue weighted by Crippen LogP contribution is 2.28. The smallest absolute Gasteiger partial charge is 0.416 e. The van der Waals surface area contributed by atoms with Crippen LogP contribution >= 0.6 is 11.6 Å². The SMILES string of the molecule is CCN(C[C@@H](O)C(F)(F)F)C(=O)Nc1cnc(Oc2ccc(F)cc2Cl)cn1. The van der Waals surface area contributed by atoms with E-state index in [1.807, 2.05) is 0 Å². The number of halogens is 5. The van der Waals surface area contributed by atoms with Crippen LogP contribution in [-0.4, -0.2) is 51.4 Å². The maximum atomic E-state index is 13.0. The minimum absolute atomic E-state index is 0.00801. The van der Waals surface area contributed by atoms with Gasteiger partial charge in [0.25, 0.3) is 0 Å². The van der Waals surface area contributed by atoms with Gasteiger partial charge in [0.1, 0.15) is 11.6 Å². The summed E-state index contributed by atoms with van der Waals surface area (Å²) in [7, 11) is 0. The Balaban J connectivity index is 1.99. The fourth-order valence-electron chi connectivity index (χ4n) is 1.96. The molecule has 1 aromatic carbocycles. The molecule has 0 unspecified atom stereocenters. The molecule has 2 N–H and O–H groups in total. The van der Waals surface area contributed by atoms with Crippen molar-refractivity contribution in [3.05, 3.63) is 41.4 Å². The minimum Gasteiger partial charge on any atom is -0.436 e. The largest absolute Gasteiger partial charge is 0.436 e. The van der Waals surface area contributed by atoms with Gasteiger partial charge in [0.2, 0.25) is 5.88 Å². The average molecular weight is 423 g/mol. The highest BCUT2D eigenvalue weighted by molar-refractivity contribution is 6.32. The van der Waals surface area contributed by atoms with Crippen LogP contribution in [0.2, 0.25) is 5.02 Å². The Morgan fingerprint density at radius 3 is 2.61 bits per heavy atom. The first kappa shape index (κ1) is 21.6. The van der Waals surface area contributed by atoms with Gasteiger partial charge in [0.15, 0.2) is 11.9 Å². The number of amides is 2. The second-order valence-electron chi connectivity index (χ2n) is 5.44. The number of rotatable bonds is 6. The fourth-order valence-corrected chi connectivity index (χ4v) is 2.17. The molecule has 0 spiro atoms. The second-order valence-corrected chi connectivity index (χ2v) is 5.85. The van der Waals surface area contributed by atoms with E-state index in [0.29, 0.717) is 0 Å². The van der Waals surface area contributed by atoms with E-state index in [4.69, 9.17) is 21.4 Å². The zero-order chi connectivity index (χ0) is 20.9. The van der Waals surface area contributed by atoms with Gasteiger partial charge in [0.05, 0.1) is 24.0 Å². The third kappa shape index (κ3) is 5.92. The van der Waals surface area contributed by atoms with Crippen LogP contribution in [-0.2, 0) is 0 Å². The summed E-state index contributed by atoms with van der Waals surface area (Å²) in [6, 6.07) is 2.58. The zero-order valence-corrected chi connectivity index (χ0v) is 15.1. The van der Waals surface area contributed by atoms with Crippen LogP contribution < -0.4 is 10.1 Å². The van der Waals surface area contributed by atoms with Crippen molar-refractivity contribution in [2.24, 2.45) is 0 Å². The highest BCUT2D eigenvalue weighted by Gasteiger charge is 2.39. The Morgan fingerprint density at radius 2 is 2.07 bits per heavy atom. The monoisotopic (exact) mass is 422 g/mol. The molecule has 0 aliphatic carbocycles. The molecule has 0 fully saturated rings. The molecule has 0 aliphatic rings. The number of aliphatic hydroxyl groups excluding tert-OH is 1. The lowest BCUT2D eigenvalue weighted by Gasteiger charge is -2.25. The molecule has 2 rings (SSSR count). The van der Waals surface area contributed by atoms with Crippen molar-refractivity contribution in [3.8, 4) is 11.6 Å². The number of nitrogens with one attached hydrogen (secondary N) is 1. The highest BCUT2D eigenvalue weighted by atomic mass is 35.5. The van der Waals surface area contributed by atoms with Crippen molar-refractivity contribution < 1.29 is 32.2 Å². The van der Waals surface area contributed by atoms with Gasteiger partial charge in [-0.2, -0.15) is 13.2 Å². The Hall–Kier alpha value is -2.66. The third-order valence-corrected chi connectivity index (χ3v) is 3.71. The maximum absolute atomic E-state index is 13.0. The first-order chi connectivity index (χ1) is 13.1. The van der Waals surface area contributed by atoms with Crippen LogP contribution in [0.1, 0.15) is 6.92 Å². The van der Waals surface area contributed by atoms with E-state index in [1.54, 1.807) is 0 Å². The molecule has 1 aromatic heterocycles. The Bertz CT molecular complexity index is 821. The first-order valence-electron chi connectivity index (χ1n) is 7.85. The van der Waals surface area contributed by atoms with Gasteiger partial charge in [-0.05, 0) is 25.1 Å². The minimum atomic E-state index is -4.84. The topological polar surface area (TPSA) is 87.6 Å². The van der Waals surface area contributed by atoms with Crippen molar-refractivity contribution in [2.45, 2.75) is 19.2 Å². The number of anilines is 1. The van der Waals surface area contributed by atoms with E-state index in [0.717, 1.165) is 29.4 Å². The van der Waals surface area contributed by atoms with Crippen LogP contribution in [0.25, 0.3) is 0 Å². The first-order valence-corrected chi connectivity index (χ1v) is 8.23. The molecule has 152 valence electrons. The number of carbonyl (C=O) groups is 1. The Kier molecular flexibility index (Phi) is 6.97. The molecule has 0 aliphatic heterocycles. The van der Waals surface area contributed by atoms with E-state index in [-0.39, 0.29) is 29.0 Å². The predicted octanol–water partition coefficient (Wildman–Crippen LogP) is 3.84. The van der Waals surface area contributed by atoms with Crippen molar-refractivity contribution in [3.63, 3.8) is 0 Å². The van der Waals surface area contributed by atoms with Crippen LogP contribution in [0.15, 0.2) is 30.6 Å². The number of aliphatic hydroxyl groups is 1. The molecule has 12 heteroatoms. The van der Waals surface area contributed by atoms with Crippen molar-refractivity contribution >= 4 is 23.4 Å². The summed E-state index contributed by atoms with van der Waals surface area (Å²) < 4.78 is 55.6. The number of carbonyl (C=O) groups excluding carboxylic acids is 1. The second kappa shape index (κ2) is 9.02. The lowest BCUT2D eigenvalue weighted by molar-refractivity contribution is -0.206. The van der Waals surface area contributed by atoms with E-state index >= 15 is 0 Å². The molecular weight excluding hydrogens is 408 g/mol. The maximum Gasteiger partial charge on any atom is 0.416 e. The average Bonchev–Trinajstić information content (AvgIpc) is 2.62. The van der Waals surface area contributed by atoms with E-state index in [9.17, 15) is 22.4 Å². The van der Waals surface area contributed by atoms with E-state index in [2.05, 4.69) is 15.3 Å². The molecular formula is C16H15ClF4N4O3. The van der Waals surface area contributed by atoms with Gasteiger partial charge in [0, 0.05) is 6.54 Å². The van der Waals surface area contributed by atoms with Crippen LogP contribution in [0, 0.1) is 5.82 Å². The number of benzene rings is 1. The molecule has 0 bridgehead atoms. The Morgan fingerprint density at radius 1 is 1.36 bits per heavy atom. The van der Waals surface area contributed by atoms with Crippen LogP contribution in [0.4, 0.5) is 28.2 Å². The number of nitrogens with zero attached hydrogens (tertiary/aromatic N) is 3. The molecule has 1 heterocycles. The molecule has 2 amide bonds. The number of urea groups is 1. The molecule has 0 saturated carbocycles. The number of hydrogen-bond acceptors (Lipinski definition) is 5. The van der Waals surface area contributed by atoms with Gasteiger partial charge in [-0.15, -0.1) is 0 Å². The summed E-state index contributed by atoms with van der Waals surface area (Å²) in [5.74, 6) is -0.473. The summed E-state index contributed by atoms with van der Waals surface area (Å²) in [5.41, 5.74) is 0. The van der Waals surface area contributed by atoms with Crippen molar-refractivity contribution in [2.75, 3.05) is 18.4 Å². The third-order valence-electron chi connectivity index (χ3n) is 3.41. The van der Waals surface area contributed by atoms with Crippen molar-refractivity contribution in [1.29, 1.82) is 0 Å². The predicted molar refractivity (Wildman–Crippen MR) is 91.8 cm³/mol. The normalized spacial score (nSPS) is 12.4. The molecule has 2 aromatic rings. The number of alkyl halides is 3. The lowest BCUT2D eigenvalue weighted by Crippen LogP contribution is -2.45. The van der Waals surface area contributed by atoms with Gasteiger partial charge < -0.3 is 14.7 Å². The summed E-state index contributed by atoms with van der Waals surface area (Å²) in [5, 5.41) is 11.4. The molecule has 0 radical (unpaired) electrons. The standard InChI is InChI=1S/C16H15ClF4N4O3/c1-2-25(8-12(26)16(19,20)21)15(27)24-13-6-23-14(7-22-13)28-11-4-3-9(18)5-10(11)17/h3-7,12,26H,2,8H2,1H3,(H,22,24,27)/t12-/m1/s1. The number of aromatic nitrogens is 2. The molecule has 1 atom stereocenters. The van der Waals surface area contributed by atoms with Gasteiger partial charge in [-0.3, -0.25) is 5.32 Å². The lowest BCUT2D eigenvalue weighted by atomic mass is 10.3. The summed E-state index contributed by atoms with van der Waals surface area (Å²) in [4.78, 5) is 20.5. The molecule has 7 nitrogen and oxygen atoms in total. The number of ether oxygens (including phenoxy) is 1. The van der Waals surface area contributed by atoms with Crippen molar-refractivity contribution in [1.82, 2.24) is 14.9 Å². The summed E-state index contributed by atoms with van der Waals surface area (Å²) >= 11 is 5.83. The van der Waals surface area contributed by atoms with Gasteiger partial charge in [-0.1, -0.05) is 11.6 Å². The van der Waals surface area contributed by atoms with Gasteiger partial charge in [-0.25, -0.2) is 19.2 Å². The zero-order valence-electron chi connectivity index (χ0n) is 14.4. The molecule has 28 heavy (non-hydrogen) atoms.